The standard InChI is InChI=1S/C68H115O11P/c1-4-7-10-13-16-19-22-25-28-31-32-35-38-41-44-47-50-53-56-59-68(72)79-65(61-75-66(70)57-54-51-48-45-42-39-36-33-29-26-23-20-17-14-11-8-5-2)63-77-80(73,74)76-62-64(60-69)78-67(71)58-55-52-49-46-43-40-37-34-30-27-24-21-18-15-12-9-6-3/h7,9-10,12,16,18-19,21,25,27-28,30,32,35,37,40,46,49,64-65,69H,4-6,8,11,13-15,17,20,22-24,26,29,31,33-34,36,38-39,41-45,47-48,50-63H2,1-3H3,(H,73,74)/b10-7-,12-9-,19-16-,21-18-,28-25-,30-27-,35-32-,40-37-,49-46-. The van der Waals surface area contributed by atoms with Crippen molar-refractivity contribution in [1.29, 1.82) is 0 Å². The Balaban J connectivity index is 4.79. The van der Waals surface area contributed by atoms with Gasteiger partial charge in [-0.05, 0) is 96.3 Å². The zero-order chi connectivity index (χ0) is 58.3. The van der Waals surface area contributed by atoms with Gasteiger partial charge in [-0.25, -0.2) is 4.57 Å². The van der Waals surface area contributed by atoms with Gasteiger partial charge in [0.15, 0.2) is 6.10 Å². The molecule has 0 spiro atoms. The van der Waals surface area contributed by atoms with Gasteiger partial charge >= 0.3 is 25.7 Å². The second-order valence-electron chi connectivity index (χ2n) is 20.8. The first-order valence-electron chi connectivity index (χ1n) is 31.8. The summed E-state index contributed by atoms with van der Waals surface area (Å²) in [6, 6.07) is 0. The van der Waals surface area contributed by atoms with E-state index in [1.54, 1.807) is 0 Å². The molecule has 0 aromatic heterocycles. The Labute approximate surface area is 488 Å². The molecule has 11 nitrogen and oxygen atoms in total. The van der Waals surface area contributed by atoms with Crippen molar-refractivity contribution in [2.75, 3.05) is 26.4 Å². The maximum atomic E-state index is 13.0. The minimum absolute atomic E-state index is 0.0939. The van der Waals surface area contributed by atoms with E-state index < -0.39 is 57.8 Å². The number of phosphoric ester groups is 1. The Morgan fingerprint density at radius 3 is 1.05 bits per heavy atom. The molecular formula is C68H115O11P. The zero-order valence-corrected chi connectivity index (χ0v) is 51.7. The number of phosphoric acid groups is 1. The summed E-state index contributed by atoms with van der Waals surface area (Å²) in [4.78, 5) is 48.7. The van der Waals surface area contributed by atoms with Crippen LogP contribution < -0.4 is 0 Å². The predicted molar refractivity (Wildman–Crippen MR) is 334 cm³/mol. The van der Waals surface area contributed by atoms with Crippen LogP contribution in [-0.4, -0.2) is 66.5 Å². The highest BCUT2D eigenvalue weighted by Crippen LogP contribution is 2.43. The van der Waals surface area contributed by atoms with E-state index in [4.69, 9.17) is 23.3 Å². The van der Waals surface area contributed by atoms with E-state index in [0.717, 1.165) is 116 Å². The lowest BCUT2D eigenvalue weighted by atomic mass is 10.0. The smallest absolute Gasteiger partial charge is 0.462 e. The van der Waals surface area contributed by atoms with Crippen molar-refractivity contribution in [3.63, 3.8) is 0 Å². The van der Waals surface area contributed by atoms with E-state index in [2.05, 4.69) is 118 Å². The summed E-state index contributed by atoms with van der Waals surface area (Å²) in [6.07, 6.45) is 74.7. The Morgan fingerprint density at radius 1 is 0.362 bits per heavy atom. The number of unbranched alkanes of at least 4 members (excludes halogenated alkanes) is 23. The average molecular weight is 1140 g/mol. The van der Waals surface area contributed by atoms with Crippen LogP contribution in [0.2, 0.25) is 0 Å². The van der Waals surface area contributed by atoms with E-state index in [0.29, 0.717) is 25.7 Å². The van der Waals surface area contributed by atoms with Crippen LogP contribution >= 0.6 is 7.82 Å². The predicted octanol–water partition coefficient (Wildman–Crippen LogP) is 19.4. The van der Waals surface area contributed by atoms with Crippen molar-refractivity contribution in [1.82, 2.24) is 0 Å². The lowest BCUT2D eigenvalue weighted by Crippen LogP contribution is -2.30. The highest BCUT2D eigenvalue weighted by Gasteiger charge is 2.28. The van der Waals surface area contributed by atoms with Gasteiger partial charge in [0.2, 0.25) is 0 Å². The molecule has 0 aliphatic heterocycles. The van der Waals surface area contributed by atoms with E-state index in [9.17, 15) is 28.9 Å². The van der Waals surface area contributed by atoms with Crippen molar-refractivity contribution in [3.8, 4) is 0 Å². The number of aliphatic hydroxyl groups excluding tert-OH is 1. The lowest BCUT2D eigenvalue weighted by molar-refractivity contribution is -0.161. The number of ether oxygens (including phenoxy) is 3. The van der Waals surface area contributed by atoms with Gasteiger partial charge in [-0.15, -0.1) is 0 Å². The lowest BCUT2D eigenvalue weighted by Gasteiger charge is -2.21. The van der Waals surface area contributed by atoms with E-state index in [1.165, 1.54) is 83.5 Å². The third kappa shape index (κ3) is 58.8. The van der Waals surface area contributed by atoms with Crippen LogP contribution in [0.15, 0.2) is 109 Å². The van der Waals surface area contributed by atoms with Crippen LogP contribution in [0.4, 0.5) is 0 Å². The summed E-state index contributed by atoms with van der Waals surface area (Å²) >= 11 is 0. The molecular weight excluding hydrogens is 1020 g/mol. The van der Waals surface area contributed by atoms with Crippen molar-refractivity contribution in [3.05, 3.63) is 109 Å². The number of hydrogen-bond donors (Lipinski definition) is 2. The van der Waals surface area contributed by atoms with Gasteiger partial charge < -0.3 is 24.2 Å². The number of allylic oxidation sites excluding steroid dienone is 18. The van der Waals surface area contributed by atoms with E-state index >= 15 is 0 Å². The molecule has 0 saturated heterocycles. The van der Waals surface area contributed by atoms with Gasteiger partial charge in [-0.3, -0.25) is 23.4 Å². The summed E-state index contributed by atoms with van der Waals surface area (Å²) in [5.74, 6) is -1.54. The highest BCUT2D eigenvalue weighted by molar-refractivity contribution is 7.47. The Kier molecular flexibility index (Phi) is 58.3. The van der Waals surface area contributed by atoms with Gasteiger partial charge in [0.25, 0.3) is 0 Å². The molecule has 0 aromatic carbocycles. The average Bonchev–Trinajstić information content (AvgIpc) is 3.45. The van der Waals surface area contributed by atoms with Gasteiger partial charge in [0.1, 0.15) is 12.7 Å². The van der Waals surface area contributed by atoms with Gasteiger partial charge in [0.05, 0.1) is 19.8 Å². The van der Waals surface area contributed by atoms with Gasteiger partial charge in [-0.2, -0.15) is 0 Å². The van der Waals surface area contributed by atoms with Crippen molar-refractivity contribution in [2.45, 2.75) is 277 Å². The molecule has 80 heavy (non-hydrogen) atoms. The van der Waals surface area contributed by atoms with Crippen molar-refractivity contribution in [2.24, 2.45) is 0 Å². The van der Waals surface area contributed by atoms with E-state index in [-0.39, 0.29) is 25.9 Å². The minimum atomic E-state index is -4.78. The maximum absolute atomic E-state index is 13.0. The number of carbonyl (C=O) groups excluding carboxylic acids is 3. The van der Waals surface area contributed by atoms with Crippen LogP contribution in [0.3, 0.4) is 0 Å². The molecule has 0 bridgehead atoms. The molecule has 2 N–H and O–H groups in total. The summed E-state index contributed by atoms with van der Waals surface area (Å²) in [5.41, 5.74) is 0. The molecule has 3 unspecified atom stereocenters. The summed E-state index contributed by atoms with van der Waals surface area (Å²) in [5, 5.41) is 9.84. The number of aliphatic hydroxyl groups is 1. The zero-order valence-electron chi connectivity index (χ0n) is 50.8. The van der Waals surface area contributed by atoms with E-state index in [1.807, 2.05) is 12.2 Å². The van der Waals surface area contributed by atoms with Crippen LogP contribution in [0.25, 0.3) is 0 Å². The van der Waals surface area contributed by atoms with Crippen LogP contribution in [-0.2, 0) is 42.2 Å². The van der Waals surface area contributed by atoms with Crippen molar-refractivity contribution >= 4 is 25.7 Å². The molecule has 12 heteroatoms. The number of rotatable bonds is 58. The Bertz CT molecular complexity index is 1760. The molecule has 0 amide bonds. The maximum Gasteiger partial charge on any atom is 0.472 e. The largest absolute Gasteiger partial charge is 0.472 e. The summed E-state index contributed by atoms with van der Waals surface area (Å²) in [7, 11) is -4.78. The molecule has 0 aliphatic carbocycles. The fraction of sp³-hybridized carbons (Fsp3) is 0.691. The first kappa shape index (κ1) is 76.1. The fourth-order valence-electron chi connectivity index (χ4n) is 8.44. The topological polar surface area (TPSA) is 155 Å². The Hall–Kier alpha value is -3.86. The molecule has 0 radical (unpaired) electrons. The summed E-state index contributed by atoms with van der Waals surface area (Å²) < 4.78 is 39.6. The minimum Gasteiger partial charge on any atom is -0.462 e. The summed E-state index contributed by atoms with van der Waals surface area (Å²) in [6.45, 7) is 4.37. The normalized spacial score (nSPS) is 14.0. The SMILES string of the molecule is CC/C=C\C/C=C\C/C=C\C/C=C\C/C=C\CCCC(=O)OC(CO)COP(=O)(O)OCC(COC(=O)CCCCCCCCCCCCCCCCCCC)OC(=O)CCCCCCCC/C=C\C/C=C\C/C=C\C/C=C\CC. The molecule has 0 heterocycles. The fourth-order valence-corrected chi connectivity index (χ4v) is 9.23. The highest BCUT2D eigenvalue weighted by atomic mass is 31.2. The third-order valence-corrected chi connectivity index (χ3v) is 14.1. The quantitative estimate of drug-likeness (QED) is 0.0197. The molecule has 0 rings (SSSR count). The number of esters is 3. The van der Waals surface area contributed by atoms with Crippen LogP contribution in [0, 0.1) is 0 Å². The first-order valence-corrected chi connectivity index (χ1v) is 33.3. The first-order chi connectivity index (χ1) is 39.2. The molecule has 3 atom stereocenters. The molecule has 0 saturated carbocycles. The Morgan fingerprint density at radius 2 is 0.662 bits per heavy atom. The van der Waals surface area contributed by atoms with Gasteiger partial charge in [0, 0.05) is 19.3 Å². The van der Waals surface area contributed by atoms with Crippen molar-refractivity contribution < 1.29 is 52.2 Å². The monoisotopic (exact) mass is 1140 g/mol. The molecule has 0 fully saturated rings. The number of hydrogen-bond acceptors (Lipinski definition) is 10. The molecule has 0 aliphatic rings. The second kappa shape index (κ2) is 61.2. The molecule has 458 valence electrons. The second-order valence-corrected chi connectivity index (χ2v) is 22.3. The number of carbonyl (C=O) groups is 3. The van der Waals surface area contributed by atoms with Gasteiger partial charge in [-0.1, -0.05) is 259 Å². The van der Waals surface area contributed by atoms with Crippen LogP contribution in [0.5, 0.6) is 0 Å². The third-order valence-electron chi connectivity index (χ3n) is 13.2. The molecule has 0 aromatic rings. The van der Waals surface area contributed by atoms with Crippen LogP contribution in [0.1, 0.15) is 265 Å².